The summed E-state index contributed by atoms with van der Waals surface area (Å²) >= 11 is 1.13. The fraction of sp³-hybridized carbons (Fsp3) is 0.778. The Labute approximate surface area is 174 Å². The molecule has 0 bridgehead atoms. The SMILES string of the molecule is C[C@@H](O)[C@@H](N)C1O[C@@H](SC2=NC=C(C[C@@H](OC=O)[N+](C)(C)C)C2)C(O)[C@@H](O)[C@H]1O. The van der Waals surface area contributed by atoms with E-state index in [-0.39, 0.29) is 6.23 Å². The van der Waals surface area contributed by atoms with Crippen LogP contribution in [0.3, 0.4) is 0 Å². The van der Waals surface area contributed by atoms with E-state index in [1.165, 1.54) is 6.92 Å². The smallest absolute Gasteiger partial charge is 0.297 e. The van der Waals surface area contributed by atoms with Crippen LogP contribution in [0, 0.1) is 0 Å². The molecule has 2 aliphatic heterocycles. The summed E-state index contributed by atoms with van der Waals surface area (Å²) in [7, 11) is 5.76. The number of ether oxygens (including phenoxy) is 2. The van der Waals surface area contributed by atoms with E-state index in [1.54, 1.807) is 6.20 Å². The van der Waals surface area contributed by atoms with Crippen LogP contribution in [0.15, 0.2) is 16.8 Å². The molecule has 2 aliphatic rings. The number of carbonyl (C=O) groups excluding carboxylic acids is 1. The van der Waals surface area contributed by atoms with E-state index in [1.807, 2.05) is 21.1 Å². The minimum Gasteiger partial charge on any atom is -0.414 e. The van der Waals surface area contributed by atoms with E-state index in [0.29, 0.717) is 28.8 Å². The van der Waals surface area contributed by atoms with Gasteiger partial charge in [-0.2, -0.15) is 0 Å². The van der Waals surface area contributed by atoms with Crippen molar-refractivity contribution in [2.45, 2.75) is 68.0 Å². The van der Waals surface area contributed by atoms with Crippen LogP contribution >= 0.6 is 11.8 Å². The van der Waals surface area contributed by atoms with Gasteiger partial charge in [-0.15, -0.1) is 0 Å². The van der Waals surface area contributed by atoms with Crippen molar-refractivity contribution >= 4 is 23.3 Å². The van der Waals surface area contributed by atoms with Crippen molar-refractivity contribution in [1.29, 1.82) is 0 Å². The maximum absolute atomic E-state index is 10.8. The first-order valence-corrected chi connectivity index (χ1v) is 10.3. The van der Waals surface area contributed by atoms with E-state index < -0.39 is 42.0 Å². The molecule has 0 aliphatic carbocycles. The first kappa shape index (κ1) is 24.2. The highest BCUT2D eigenvalue weighted by molar-refractivity contribution is 8.14. The average Bonchev–Trinajstić information content (AvgIpc) is 3.07. The fourth-order valence-electron chi connectivity index (χ4n) is 3.14. The van der Waals surface area contributed by atoms with Crippen LogP contribution in [-0.2, 0) is 14.3 Å². The maximum atomic E-state index is 10.8. The second-order valence-corrected chi connectivity index (χ2v) is 9.54. The number of aliphatic hydroxyl groups excluding tert-OH is 4. The van der Waals surface area contributed by atoms with Crippen LogP contribution in [-0.4, -0.2) is 106 Å². The second kappa shape index (κ2) is 9.84. The van der Waals surface area contributed by atoms with Gasteiger partial charge < -0.3 is 35.6 Å². The number of rotatable bonds is 8. The molecule has 2 heterocycles. The topological polar surface area (TPSA) is 155 Å². The van der Waals surface area contributed by atoms with Gasteiger partial charge in [0.05, 0.1) is 44.8 Å². The summed E-state index contributed by atoms with van der Waals surface area (Å²) in [6.45, 7) is 1.90. The minimum absolute atomic E-state index is 0.361. The number of aliphatic hydroxyl groups is 4. The van der Waals surface area contributed by atoms with Crippen LogP contribution in [0.4, 0.5) is 0 Å². The minimum atomic E-state index is -1.46. The van der Waals surface area contributed by atoms with Crippen LogP contribution in [0.1, 0.15) is 19.8 Å². The summed E-state index contributed by atoms with van der Waals surface area (Å²) < 4.78 is 11.3. The summed E-state index contributed by atoms with van der Waals surface area (Å²) in [6.07, 6.45) is -3.92. The Kier molecular flexibility index (Phi) is 8.22. The predicted octanol–water partition coefficient (Wildman–Crippen LogP) is -1.48. The van der Waals surface area contributed by atoms with Gasteiger partial charge in [0.1, 0.15) is 29.9 Å². The molecule has 0 amide bonds. The maximum Gasteiger partial charge on any atom is 0.297 e. The summed E-state index contributed by atoms with van der Waals surface area (Å²) in [5.74, 6) is 0. The number of carbonyl (C=O) groups is 1. The number of quaternary nitrogens is 1. The molecule has 0 aromatic heterocycles. The highest BCUT2D eigenvalue weighted by Crippen LogP contribution is 2.34. The third-order valence-electron chi connectivity index (χ3n) is 5.08. The fourth-order valence-corrected chi connectivity index (χ4v) is 4.27. The predicted molar refractivity (Wildman–Crippen MR) is 108 cm³/mol. The molecule has 11 heteroatoms. The Hall–Kier alpha value is -1.05. The molecule has 0 radical (unpaired) electrons. The normalized spacial score (nSPS) is 33.5. The molecule has 10 nitrogen and oxygen atoms in total. The molecule has 0 saturated carbocycles. The Bertz CT molecular complexity index is 637. The summed E-state index contributed by atoms with van der Waals surface area (Å²) in [5, 5.41) is 41.0. The van der Waals surface area contributed by atoms with Crippen molar-refractivity contribution in [3.05, 3.63) is 11.8 Å². The van der Waals surface area contributed by atoms with Gasteiger partial charge in [0.2, 0.25) is 6.23 Å². The van der Waals surface area contributed by atoms with Gasteiger partial charge in [-0.05, 0) is 12.5 Å². The summed E-state index contributed by atoms with van der Waals surface area (Å²) in [6, 6.07) is -0.930. The zero-order valence-electron chi connectivity index (χ0n) is 17.1. The van der Waals surface area contributed by atoms with Gasteiger partial charge in [-0.3, -0.25) is 14.3 Å². The third-order valence-corrected chi connectivity index (χ3v) is 6.22. The third kappa shape index (κ3) is 5.98. The van der Waals surface area contributed by atoms with E-state index in [9.17, 15) is 25.2 Å². The van der Waals surface area contributed by atoms with Crippen molar-refractivity contribution in [2.24, 2.45) is 10.7 Å². The Morgan fingerprint density at radius 1 is 1.34 bits per heavy atom. The quantitative estimate of drug-likeness (QED) is 0.175. The monoisotopic (exact) mass is 434 g/mol. The number of nitrogens with zero attached hydrogens (tertiary/aromatic N) is 2. The first-order chi connectivity index (χ1) is 13.5. The summed E-state index contributed by atoms with van der Waals surface area (Å²) in [4.78, 5) is 15.1. The van der Waals surface area contributed by atoms with Crippen LogP contribution < -0.4 is 5.73 Å². The van der Waals surface area contributed by atoms with Crippen molar-refractivity contribution in [2.75, 3.05) is 21.1 Å². The Morgan fingerprint density at radius 2 is 2.00 bits per heavy atom. The lowest BCUT2D eigenvalue weighted by Crippen LogP contribution is -2.63. The number of hydrogen-bond donors (Lipinski definition) is 5. The highest BCUT2D eigenvalue weighted by atomic mass is 32.2. The molecule has 29 heavy (non-hydrogen) atoms. The van der Waals surface area contributed by atoms with E-state index in [2.05, 4.69) is 4.99 Å². The molecule has 166 valence electrons. The van der Waals surface area contributed by atoms with Crippen molar-refractivity contribution < 1.29 is 39.2 Å². The molecule has 8 atom stereocenters. The van der Waals surface area contributed by atoms with Gasteiger partial charge in [0.15, 0.2) is 0 Å². The molecule has 0 aromatic carbocycles. The molecular weight excluding hydrogens is 402 g/mol. The van der Waals surface area contributed by atoms with Gasteiger partial charge >= 0.3 is 0 Å². The van der Waals surface area contributed by atoms with Crippen molar-refractivity contribution in [1.82, 2.24) is 0 Å². The van der Waals surface area contributed by atoms with Crippen molar-refractivity contribution in [3.8, 4) is 0 Å². The zero-order chi connectivity index (χ0) is 21.9. The molecule has 6 N–H and O–H groups in total. The van der Waals surface area contributed by atoms with E-state index in [0.717, 1.165) is 17.3 Å². The molecule has 1 saturated heterocycles. The Balaban J connectivity index is 1.99. The standard InChI is InChI=1S/C18H32N3O7S/c1-9(23)13(19)17-15(25)14(24)16(26)18(28-17)29-11-5-10(7-20-11)6-12(27-8-22)21(2,3)4/h7-9,12-18,23-26H,5-6,19H2,1-4H3/q+1/t9-,12-,13-,14+,15-,16?,17?,18+/m1/s1. The van der Waals surface area contributed by atoms with Gasteiger partial charge in [-0.25, -0.2) is 0 Å². The number of hydrogen-bond acceptors (Lipinski definition) is 10. The molecule has 0 spiro atoms. The van der Waals surface area contributed by atoms with Gasteiger partial charge in [0, 0.05) is 12.6 Å². The van der Waals surface area contributed by atoms with Crippen molar-refractivity contribution in [3.63, 3.8) is 0 Å². The molecule has 2 rings (SSSR count). The zero-order valence-corrected chi connectivity index (χ0v) is 17.9. The van der Waals surface area contributed by atoms with E-state index in [4.69, 9.17) is 15.2 Å². The summed E-state index contributed by atoms with van der Waals surface area (Å²) in [5.41, 5.74) is 5.93. The largest absolute Gasteiger partial charge is 0.414 e. The molecule has 2 unspecified atom stereocenters. The highest BCUT2D eigenvalue weighted by Gasteiger charge is 2.47. The first-order valence-electron chi connectivity index (χ1n) is 9.40. The molecule has 0 aromatic rings. The lowest BCUT2D eigenvalue weighted by Gasteiger charge is -2.43. The average molecular weight is 435 g/mol. The van der Waals surface area contributed by atoms with E-state index >= 15 is 0 Å². The second-order valence-electron chi connectivity index (χ2n) is 8.37. The number of nitrogens with two attached hydrogens (primary N) is 1. The Morgan fingerprint density at radius 3 is 2.55 bits per heavy atom. The number of aliphatic imine (C=N–C) groups is 1. The van der Waals surface area contributed by atoms with Crippen LogP contribution in [0.25, 0.3) is 0 Å². The van der Waals surface area contributed by atoms with Gasteiger partial charge in [0.25, 0.3) is 6.47 Å². The lowest BCUT2D eigenvalue weighted by atomic mass is 9.93. The van der Waals surface area contributed by atoms with Gasteiger partial charge in [-0.1, -0.05) is 11.8 Å². The number of thioether (sulfide) groups is 1. The van der Waals surface area contributed by atoms with Crippen LogP contribution in [0.2, 0.25) is 0 Å². The molecular formula is C18H32N3O7S+. The molecule has 1 fully saturated rings. The lowest BCUT2D eigenvalue weighted by molar-refractivity contribution is -0.916. The van der Waals surface area contributed by atoms with Crippen LogP contribution in [0.5, 0.6) is 0 Å².